The maximum Gasteiger partial charge on any atom is 0.328 e. The lowest BCUT2D eigenvalue weighted by atomic mass is 10.1. The van der Waals surface area contributed by atoms with E-state index in [4.69, 9.17) is 11.2 Å². The zero-order chi connectivity index (χ0) is 22.5. The molecule has 1 aliphatic heterocycles. The molecular formula is C23H26F2N2O4. The first-order valence-electron chi connectivity index (χ1n) is 10.4. The Hall–Kier alpha value is -2.95. The van der Waals surface area contributed by atoms with Gasteiger partial charge in [-0.1, -0.05) is 30.9 Å². The van der Waals surface area contributed by atoms with Crippen molar-refractivity contribution in [1.82, 2.24) is 9.80 Å². The van der Waals surface area contributed by atoms with Gasteiger partial charge in [-0.3, -0.25) is 9.59 Å². The van der Waals surface area contributed by atoms with Gasteiger partial charge in [-0.15, -0.1) is 6.42 Å². The Bertz CT molecular complexity index is 894. The number of rotatable bonds is 9. The van der Waals surface area contributed by atoms with Crippen molar-refractivity contribution in [1.29, 1.82) is 0 Å². The number of nitrogens with zero attached hydrogens (tertiary/aromatic N) is 2. The van der Waals surface area contributed by atoms with Crippen LogP contribution in [0.3, 0.4) is 0 Å². The topological polar surface area (TPSA) is 66.9 Å². The van der Waals surface area contributed by atoms with Crippen LogP contribution in [-0.2, 0) is 25.7 Å². The van der Waals surface area contributed by atoms with Crippen molar-refractivity contribution in [3.63, 3.8) is 0 Å². The third-order valence-corrected chi connectivity index (χ3v) is 5.92. The molecule has 1 aromatic carbocycles. The zero-order valence-corrected chi connectivity index (χ0v) is 17.5. The van der Waals surface area contributed by atoms with Gasteiger partial charge in [0.15, 0.2) is 11.6 Å². The molecule has 1 saturated heterocycles. The second-order valence-electron chi connectivity index (χ2n) is 8.08. The summed E-state index contributed by atoms with van der Waals surface area (Å²) >= 11 is 0. The average Bonchev–Trinajstić information content (AvgIpc) is 3.52. The summed E-state index contributed by atoms with van der Waals surface area (Å²) in [5.41, 5.74) is 0.0503. The molecule has 2 atom stereocenters. The molecule has 2 aliphatic rings. The molecule has 1 saturated carbocycles. The number of hydrogen-bond acceptors (Lipinski definition) is 4. The number of halogens is 2. The van der Waals surface area contributed by atoms with Crippen molar-refractivity contribution in [2.75, 3.05) is 13.7 Å². The summed E-state index contributed by atoms with van der Waals surface area (Å²) in [4.78, 5) is 40.6. The van der Waals surface area contributed by atoms with Crippen LogP contribution >= 0.6 is 0 Å². The van der Waals surface area contributed by atoms with Gasteiger partial charge in [0.25, 0.3) is 0 Å². The van der Waals surface area contributed by atoms with E-state index >= 15 is 0 Å². The fourth-order valence-corrected chi connectivity index (χ4v) is 4.02. The number of benzene rings is 1. The molecule has 0 N–H and O–H groups in total. The Labute approximate surface area is 180 Å². The summed E-state index contributed by atoms with van der Waals surface area (Å²) in [6, 6.07) is 2.55. The highest BCUT2D eigenvalue weighted by Crippen LogP contribution is 2.35. The molecule has 0 radical (unpaired) electrons. The molecule has 8 heteroatoms. The van der Waals surface area contributed by atoms with E-state index in [1.807, 2.05) is 0 Å². The standard InChI is InChI=1S/C23H26F2N2O4/c1-3-11-26(19(23(30)31-2)12-15-7-8-15)21(29)13-17-9-10-20(28)27(17)14-16-5-4-6-18(24)22(16)25/h1,4-6,15,17,19H,7-14H2,2H3/t17-,19-/m0/s1. The summed E-state index contributed by atoms with van der Waals surface area (Å²) in [6.07, 6.45) is 8.50. The monoisotopic (exact) mass is 432 g/mol. The van der Waals surface area contributed by atoms with E-state index in [9.17, 15) is 23.2 Å². The van der Waals surface area contributed by atoms with Crippen LogP contribution in [0.1, 0.15) is 44.1 Å². The van der Waals surface area contributed by atoms with Crippen LogP contribution in [0.2, 0.25) is 0 Å². The van der Waals surface area contributed by atoms with Crippen LogP contribution in [-0.4, -0.2) is 53.3 Å². The Morgan fingerprint density at radius 3 is 2.71 bits per heavy atom. The smallest absolute Gasteiger partial charge is 0.328 e. The lowest BCUT2D eigenvalue weighted by molar-refractivity contribution is -0.153. The number of ether oxygens (including phenoxy) is 1. The molecule has 0 unspecified atom stereocenters. The van der Waals surface area contributed by atoms with E-state index in [1.54, 1.807) is 0 Å². The maximum absolute atomic E-state index is 14.1. The summed E-state index contributed by atoms with van der Waals surface area (Å²) in [7, 11) is 1.27. The van der Waals surface area contributed by atoms with Gasteiger partial charge >= 0.3 is 5.97 Å². The highest BCUT2D eigenvalue weighted by Gasteiger charge is 2.39. The summed E-state index contributed by atoms with van der Waals surface area (Å²) in [5, 5.41) is 0. The minimum absolute atomic E-state index is 0.0503. The maximum atomic E-state index is 14.1. The average molecular weight is 432 g/mol. The first kappa shape index (κ1) is 22.7. The van der Waals surface area contributed by atoms with E-state index < -0.39 is 29.7 Å². The van der Waals surface area contributed by atoms with Crippen molar-refractivity contribution in [3.8, 4) is 12.3 Å². The van der Waals surface area contributed by atoms with Crippen LogP contribution in [0.5, 0.6) is 0 Å². The number of terminal acetylenes is 1. The van der Waals surface area contributed by atoms with Crippen LogP contribution < -0.4 is 0 Å². The van der Waals surface area contributed by atoms with Gasteiger partial charge in [-0.25, -0.2) is 13.6 Å². The summed E-state index contributed by atoms with van der Waals surface area (Å²) in [6.45, 7) is -0.178. The van der Waals surface area contributed by atoms with Gasteiger partial charge in [-0.05, 0) is 24.8 Å². The molecule has 2 fully saturated rings. The molecule has 31 heavy (non-hydrogen) atoms. The first-order chi connectivity index (χ1) is 14.8. The van der Waals surface area contributed by atoms with Gasteiger partial charge in [-0.2, -0.15) is 0 Å². The van der Waals surface area contributed by atoms with Crippen molar-refractivity contribution < 1.29 is 27.9 Å². The van der Waals surface area contributed by atoms with Crippen LogP contribution in [0.25, 0.3) is 0 Å². The number of esters is 1. The second-order valence-corrected chi connectivity index (χ2v) is 8.08. The van der Waals surface area contributed by atoms with E-state index in [0.29, 0.717) is 18.8 Å². The Morgan fingerprint density at radius 2 is 2.06 bits per heavy atom. The third kappa shape index (κ3) is 5.40. The summed E-state index contributed by atoms with van der Waals surface area (Å²) in [5.74, 6) is -0.315. The zero-order valence-electron chi connectivity index (χ0n) is 17.5. The van der Waals surface area contributed by atoms with Crippen molar-refractivity contribution >= 4 is 17.8 Å². The van der Waals surface area contributed by atoms with E-state index in [-0.39, 0.29) is 43.3 Å². The number of carbonyl (C=O) groups excluding carboxylic acids is 3. The third-order valence-electron chi connectivity index (χ3n) is 5.92. The van der Waals surface area contributed by atoms with Gasteiger partial charge in [0, 0.05) is 31.0 Å². The molecular weight excluding hydrogens is 406 g/mol. The lowest BCUT2D eigenvalue weighted by Crippen LogP contribution is -2.48. The highest BCUT2D eigenvalue weighted by atomic mass is 19.2. The number of amides is 2. The van der Waals surface area contributed by atoms with E-state index in [2.05, 4.69) is 5.92 Å². The van der Waals surface area contributed by atoms with Crippen molar-refractivity contribution in [2.24, 2.45) is 5.92 Å². The Balaban J connectivity index is 1.75. The SMILES string of the molecule is C#CCN(C(=O)C[C@@H]1CCC(=O)N1Cc1cccc(F)c1F)[C@@H](CC1CC1)C(=O)OC. The van der Waals surface area contributed by atoms with Crippen molar-refractivity contribution in [3.05, 3.63) is 35.4 Å². The number of methoxy groups -OCH3 is 1. The number of carbonyl (C=O) groups is 3. The molecule has 0 spiro atoms. The van der Waals surface area contributed by atoms with Gasteiger partial charge in [0.1, 0.15) is 6.04 Å². The second kappa shape index (κ2) is 9.90. The first-order valence-corrected chi connectivity index (χ1v) is 10.4. The predicted molar refractivity (Wildman–Crippen MR) is 108 cm³/mol. The molecule has 166 valence electrons. The van der Waals surface area contributed by atoms with Gasteiger partial charge in [0.2, 0.25) is 11.8 Å². The van der Waals surface area contributed by atoms with Gasteiger partial charge in [0.05, 0.1) is 13.7 Å². The molecule has 3 rings (SSSR count). The molecule has 0 aromatic heterocycles. The molecule has 2 amide bonds. The number of likely N-dealkylation sites (tertiary alicyclic amines) is 1. The fourth-order valence-electron chi connectivity index (χ4n) is 4.02. The highest BCUT2D eigenvalue weighted by molar-refractivity contribution is 5.86. The summed E-state index contributed by atoms with van der Waals surface area (Å²) < 4.78 is 32.5. The van der Waals surface area contributed by atoms with E-state index in [1.165, 1.54) is 29.0 Å². The van der Waals surface area contributed by atoms with Crippen molar-refractivity contribution in [2.45, 2.75) is 57.2 Å². The largest absolute Gasteiger partial charge is 0.467 e. The van der Waals surface area contributed by atoms with Crippen LogP contribution in [0.4, 0.5) is 8.78 Å². The molecule has 1 heterocycles. The molecule has 6 nitrogen and oxygen atoms in total. The van der Waals surface area contributed by atoms with Gasteiger partial charge < -0.3 is 14.5 Å². The molecule has 0 bridgehead atoms. The predicted octanol–water partition coefficient (Wildman–Crippen LogP) is 2.65. The fraction of sp³-hybridized carbons (Fsp3) is 0.522. The minimum Gasteiger partial charge on any atom is -0.467 e. The Morgan fingerprint density at radius 1 is 1.32 bits per heavy atom. The van der Waals surface area contributed by atoms with E-state index in [0.717, 1.165) is 18.9 Å². The minimum atomic E-state index is -1.00. The quantitative estimate of drug-likeness (QED) is 0.445. The van der Waals surface area contributed by atoms with Crippen LogP contribution in [0.15, 0.2) is 18.2 Å². The number of hydrogen-bond donors (Lipinski definition) is 0. The Kier molecular flexibility index (Phi) is 7.26. The normalized spacial score (nSPS) is 19.1. The molecule has 1 aliphatic carbocycles. The van der Waals surface area contributed by atoms with Crippen LogP contribution in [0, 0.1) is 29.9 Å². The lowest BCUT2D eigenvalue weighted by Gasteiger charge is -2.31. The molecule has 1 aromatic rings.